The van der Waals surface area contributed by atoms with Crippen molar-refractivity contribution in [2.24, 2.45) is 0 Å². The standard InChI is InChI=1S/C10H14ClNO/c1-7(13)10(12-2)8-3-5-9(11)6-4-8/h3-7,10,12-13H,1-2H3. The van der Waals surface area contributed by atoms with Crippen LogP contribution in [-0.2, 0) is 0 Å². The molecule has 1 rings (SSSR count). The Kier molecular flexibility index (Phi) is 3.72. The zero-order valence-corrected chi connectivity index (χ0v) is 8.55. The summed E-state index contributed by atoms with van der Waals surface area (Å²) in [5.41, 5.74) is 1.04. The van der Waals surface area contributed by atoms with Crippen LogP contribution in [0, 0.1) is 0 Å². The summed E-state index contributed by atoms with van der Waals surface area (Å²) in [6.45, 7) is 1.76. The second-order valence-electron chi connectivity index (χ2n) is 3.06. The molecular weight excluding hydrogens is 186 g/mol. The molecule has 0 heterocycles. The molecule has 2 unspecified atom stereocenters. The molecule has 0 aliphatic heterocycles. The van der Waals surface area contributed by atoms with Gasteiger partial charge in [0, 0.05) is 5.02 Å². The molecule has 2 nitrogen and oxygen atoms in total. The molecule has 0 fully saturated rings. The van der Waals surface area contributed by atoms with Gasteiger partial charge in [-0.05, 0) is 31.7 Å². The molecule has 0 radical (unpaired) electrons. The fourth-order valence-electron chi connectivity index (χ4n) is 1.36. The predicted molar refractivity (Wildman–Crippen MR) is 54.9 cm³/mol. The van der Waals surface area contributed by atoms with Crippen LogP contribution in [0.5, 0.6) is 0 Å². The first-order valence-electron chi connectivity index (χ1n) is 4.26. The highest BCUT2D eigenvalue weighted by molar-refractivity contribution is 6.30. The third-order valence-electron chi connectivity index (χ3n) is 2.02. The number of aliphatic hydroxyl groups is 1. The van der Waals surface area contributed by atoms with Crippen LogP contribution < -0.4 is 5.32 Å². The Balaban J connectivity index is 2.86. The van der Waals surface area contributed by atoms with E-state index in [1.165, 1.54) is 0 Å². The van der Waals surface area contributed by atoms with Crippen molar-refractivity contribution in [2.45, 2.75) is 19.1 Å². The minimum absolute atomic E-state index is 0.0303. The lowest BCUT2D eigenvalue weighted by atomic mass is 10.0. The van der Waals surface area contributed by atoms with E-state index in [0.29, 0.717) is 5.02 Å². The summed E-state index contributed by atoms with van der Waals surface area (Å²) >= 11 is 5.76. The van der Waals surface area contributed by atoms with Crippen LogP contribution in [0.1, 0.15) is 18.5 Å². The quantitative estimate of drug-likeness (QED) is 0.781. The van der Waals surface area contributed by atoms with E-state index in [1.54, 1.807) is 6.92 Å². The average Bonchev–Trinajstić information content (AvgIpc) is 2.09. The zero-order chi connectivity index (χ0) is 9.84. The van der Waals surface area contributed by atoms with Crippen molar-refractivity contribution in [1.82, 2.24) is 5.32 Å². The van der Waals surface area contributed by atoms with Gasteiger partial charge in [-0.2, -0.15) is 0 Å². The Bertz CT molecular complexity index is 258. The van der Waals surface area contributed by atoms with Gasteiger partial charge in [-0.1, -0.05) is 23.7 Å². The van der Waals surface area contributed by atoms with Gasteiger partial charge < -0.3 is 10.4 Å². The molecule has 3 heteroatoms. The van der Waals surface area contributed by atoms with E-state index >= 15 is 0 Å². The molecule has 2 atom stereocenters. The van der Waals surface area contributed by atoms with E-state index in [2.05, 4.69) is 5.32 Å². The van der Waals surface area contributed by atoms with Crippen LogP contribution >= 0.6 is 11.6 Å². The summed E-state index contributed by atoms with van der Waals surface area (Å²) < 4.78 is 0. The highest BCUT2D eigenvalue weighted by Gasteiger charge is 2.13. The van der Waals surface area contributed by atoms with Crippen molar-refractivity contribution in [3.8, 4) is 0 Å². The molecule has 0 bridgehead atoms. The van der Waals surface area contributed by atoms with Gasteiger partial charge in [0.1, 0.15) is 0 Å². The molecule has 0 spiro atoms. The number of rotatable bonds is 3. The Morgan fingerprint density at radius 2 is 1.85 bits per heavy atom. The number of hydrogen-bond donors (Lipinski definition) is 2. The molecule has 0 saturated heterocycles. The number of hydrogen-bond acceptors (Lipinski definition) is 2. The molecular formula is C10H14ClNO. The number of likely N-dealkylation sites (N-methyl/N-ethyl adjacent to an activating group) is 1. The molecule has 0 amide bonds. The Morgan fingerprint density at radius 3 is 2.23 bits per heavy atom. The Hall–Kier alpha value is -0.570. The molecule has 1 aromatic carbocycles. The summed E-state index contributed by atoms with van der Waals surface area (Å²) in [5, 5.41) is 13.2. The van der Waals surface area contributed by atoms with Gasteiger partial charge in [0.05, 0.1) is 12.1 Å². The number of benzene rings is 1. The summed E-state index contributed by atoms with van der Waals surface area (Å²) in [7, 11) is 1.83. The summed E-state index contributed by atoms with van der Waals surface area (Å²) in [5.74, 6) is 0. The maximum Gasteiger partial charge on any atom is 0.0706 e. The minimum Gasteiger partial charge on any atom is -0.391 e. The van der Waals surface area contributed by atoms with Crippen molar-refractivity contribution < 1.29 is 5.11 Å². The van der Waals surface area contributed by atoms with Crippen LogP contribution in [0.3, 0.4) is 0 Å². The van der Waals surface area contributed by atoms with Crippen LogP contribution in [-0.4, -0.2) is 18.3 Å². The third kappa shape index (κ3) is 2.69. The van der Waals surface area contributed by atoms with E-state index < -0.39 is 6.10 Å². The van der Waals surface area contributed by atoms with Gasteiger partial charge in [-0.15, -0.1) is 0 Å². The third-order valence-corrected chi connectivity index (χ3v) is 2.27. The van der Waals surface area contributed by atoms with Crippen LogP contribution in [0.15, 0.2) is 24.3 Å². The number of nitrogens with one attached hydrogen (secondary N) is 1. The van der Waals surface area contributed by atoms with Gasteiger partial charge in [0.25, 0.3) is 0 Å². The van der Waals surface area contributed by atoms with E-state index in [1.807, 2.05) is 31.3 Å². The van der Waals surface area contributed by atoms with Crippen LogP contribution in [0.25, 0.3) is 0 Å². The SMILES string of the molecule is CNC(c1ccc(Cl)cc1)C(C)O. The topological polar surface area (TPSA) is 32.3 Å². The van der Waals surface area contributed by atoms with Gasteiger partial charge >= 0.3 is 0 Å². The first kappa shape index (κ1) is 10.5. The van der Waals surface area contributed by atoms with Crippen molar-refractivity contribution in [3.05, 3.63) is 34.9 Å². The highest BCUT2D eigenvalue weighted by Crippen LogP contribution is 2.18. The molecule has 0 aliphatic carbocycles. The van der Waals surface area contributed by atoms with Crippen molar-refractivity contribution in [1.29, 1.82) is 0 Å². The number of halogens is 1. The second-order valence-corrected chi connectivity index (χ2v) is 3.49. The van der Waals surface area contributed by atoms with Crippen LogP contribution in [0.4, 0.5) is 0 Å². The van der Waals surface area contributed by atoms with Crippen molar-refractivity contribution >= 4 is 11.6 Å². The first-order valence-corrected chi connectivity index (χ1v) is 4.63. The number of aliphatic hydroxyl groups excluding tert-OH is 1. The highest BCUT2D eigenvalue weighted by atomic mass is 35.5. The fraction of sp³-hybridized carbons (Fsp3) is 0.400. The van der Waals surface area contributed by atoms with E-state index in [-0.39, 0.29) is 6.04 Å². The smallest absolute Gasteiger partial charge is 0.0706 e. The van der Waals surface area contributed by atoms with E-state index in [4.69, 9.17) is 11.6 Å². The molecule has 2 N–H and O–H groups in total. The largest absolute Gasteiger partial charge is 0.391 e. The van der Waals surface area contributed by atoms with Gasteiger partial charge in [0.15, 0.2) is 0 Å². The maximum atomic E-state index is 9.44. The zero-order valence-electron chi connectivity index (χ0n) is 7.79. The molecule has 0 aliphatic rings. The molecule has 1 aromatic rings. The second kappa shape index (κ2) is 4.61. The van der Waals surface area contributed by atoms with Gasteiger partial charge in [0.2, 0.25) is 0 Å². The first-order chi connectivity index (χ1) is 6.15. The maximum absolute atomic E-state index is 9.44. The molecule has 0 saturated carbocycles. The van der Waals surface area contributed by atoms with E-state index in [0.717, 1.165) is 5.56 Å². The van der Waals surface area contributed by atoms with Gasteiger partial charge in [-0.25, -0.2) is 0 Å². The summed E-state index contributed by atoms with van der Waals surface area (Å²) in [6.07, 6.45) is -0.411. The van der Waals surface area contributed by atoms with E-state index in [9.17, 15) is 5.11 Å². The minimum atomic E-state index is -0.411. The van der Waals surface area contributed by atoms with Crippen molar-refractivity contribution in [2.75, 3.05) is 7.05 Å². The van der Waals surface area contributed by atoms with Crippen molar-refractivity contribution in [3.63, 3.8) is 0 Å². The fourth-order valence-corrected chi connectivity index (χ4v) is 1.48. The van der Waals surface area contributed by atoms with Gasteiger partial charge in [-0.3, -0.25) is 0 Å². The lowest BCUT2D eigenvalue weighted by molar-refractivity contribution is 0.150. The Morgan fingerprint density at radius 1 is 1.31 bits per heavy atom. The molecule has 13 heavy (non-hydrogen) atoms. The summed E-state index contributed by atoms with van der Waals surface area (Å²) in [4.78, 5) is 0. The normalized spacial score (nSPS) is 15.4. The average molecular weight is 200 g/mol. The lowest BCUT2D eigenvalue weighted by Gasteiger charge is -2.19. The molecule has 0 aromatic heterocycles. The monoisotopic (exact) mass is 199 g/mol. The predicted octanol–water partition coefficient (Wildman–Crippen LogP) is 1.98. The lowest BCUT2D eigenvalue weighted by Crippen LogP contribution is -2.26. The Labute approximate surface area is 83.5 Å². The molecule has 72 valence electrons. The van der Waals surface area contributed by atoms with Crippen LogP contribution in [0.2, 0.25) is 5.02 Å². The summed E-state index contributed by atoms with van der Waals surface area (Å²) in [6, 6.07) is 7.44.